The molecule has 0 unspecified atom stereocenters. The third-order valence-corrected chi connectivity index (χ3v) is 9.99. The maximum atomic E-state index is 13.3. The summed E-state index contributed by atoms with van der Waals surface area (Å²) in [7, 11) is 0. The molecule has 0 aliphatic heterocycles. The van der Waals surface area contributed by atoms with Crippen LogP contribution in [0.2, 0.25) is 0 Å². The van der Waals surface area contributed by atoms with E-state index in [1.54, 1.807) is 0 Å². The molecule has 2 atom stereocenters. The van der Waals surface area contributed by atoms with Crippen molar-refractivity contribution in [1.82, 2.24) is 9.80 Å². The highest BCUT2D eigenvalue weighted by molar-refractivity contribution is 5.89. The minimum absolute atomic E-state index is 0.0178. The number of fused-ring (bicyclic) bond motifs is 1. The van der Waals surface area contributed by atoms with Gasteiger partial charge in [0.05, 0.1) is 25.3 Å². The van der Waals surface area contributed by atoms with Crippen LogP contribution in [0.25, 0.3) is 10.8 Å². The highest BCUT2D eigenvalue weighted by Gasteiger charge is 2.21. The van der Waals surface area contributed by atoms with E-state index in [1.165, 1.54) is 51.4 Å². The van der Waals surface area contributed by atoms with Crippen molar-refractivity contribution in [2.75, 3.05) is 52.5 Å². The number of amides is 2. The smallest absolute Gasteiger partial charge is 0.239 e. The second kappa shape index (κ2) is 29.4. The van der Waals surface area contributed by atoms with Crippen molar-refractivity contribution >= 4 is 22.6 Å². The first kappa shape index (κ1) is 46.2. The average Bonchev–Trinajstić information content (AvgIpc) is 3.17. The number of nitrogens with zero attached hydrogens (tertiary/aromatic N) is 2. The van der Waals surface area contributed by atoms with Gasteiger partial charge in [0.1, 0.15) is 11.5 Å². The lowest BCUT2D eigenvalue weighted by Gasteiger charge is -2.26. The summed E-state index contributed by atoms with van der Waals surface area (Å²) in [6.45, 7) is 9.34. The van der Waals surface area contributed by atoms with Gasteiger partial charge < -0.3 is 42.2 Å². The number of rotatable bonds is 33. The van der Waals surface area contributed by atoms with Gasteiger partial charge in [0, 0.05) is 31.6 Å². The molecule has 0 bridgehead atoms. The largest absolute Gasteiger partial charge is 0.494 e. The molecular weight excluding hydrogens is 665 g/mol. The Bertz CT molecular complexity index is 1250. The van der Waals surface area contributed by atoms with E-state index in [1.807, 2.05) is 40.1 Å². The van der Waals surface area contributed by atoms with Crippen LogP contribution in [0.4, 0.5) is 0 Å². The number of carbonyl (C=O) groups is 2. The van der Waals surface area contributed by atoms with Crippen LogP contribution in [0.15, 0.2) is 36.4 Å². The highest BCUT2D eigenvalue weighted by Crippen LogP contribution is 2.29. The normalized spacial score (nSPS) is 12.5. The van der Waals surface area contributed by atoms with Gasteiger partial charge in [-0.05, 0) is 94.1 Å². The van der Waals surface area contributed by atoms with Crippen LogP contribution in [0.5, 0.6) is 11.5 Å². The van der Waals surface area contributed by atoms with E-state index < -0.39 is 12.1 Å². The standard InChI is InChI=1S/C43H76N6O4/c1-3-5-7-9-11-15-29-48(43(51)40(47)23-18-28-45)31-19-33-52-37-25-26-38-36(35-37)21-17-24-41(38)53-34-20-32-49(30-16-12-10-8-6-4-2)42(50)39(46)22-13-14-27-44/h17,21,24-26,35,39-40H,3-16,18-20,22-23,27-34,44-47H2,1-2H3/t39-,40-/m0/s1. The van der Waals surface area contributed by atoms with E-state index in [-0.39, 0.29) is 11.8 Å². The molecule has 0 heterocycles. The second-order valence-electron chi connectivity index (χ2n) is 14.7. The van der Waals surface area contributed by atoms with E-state index in [0.717, 1.165) is 93.1 Å². The summed E-state index contributed by atoms with van der Waals surface area (Å²) in [5, 5.41) is 2.05. The number of hydrogen-bond donors (Lipinski definition) is 4. The van der Waals surface area contributed by atoms with Gasteiger partial charge in [-0.1, -0.05) is 96.6 Å². The van der Waals surface area contributed by atoms with E-state index >= 15 is 0 Å². The van der Waals surface area contributed by atoms with Gasteiger partial charge in [-0.2, -0.15) is 0 Å². The van der Waals surface area contributed by atoms with Crippen LogP contribution in [0.3, 0.4) is 0 Å². The van der Waals surface area contributed by atoms with Crippen molar-refractivity contribution in [3.8, 4) is 11.5 Å². The predicted octanol–water partition coefficient (Wildman–Crippen LogP) is 7.28. The summed E-state index contributed by atoms with van der Waals surface area (Å²) in [5.74, 6) is 1.66. The fourth-order valence-corrected chi connectivity index (χ4v) is 6.72. The monoisotopic (exact) mass is 741 g/mol. The molecule has 0 saturated carbocycles. The lowest BCUT2D eigenvalue weighted by Crippen LogP contribution is -2.45. The van der Waals surface area contributed by atoms with Gasteiger partial charge >= 0.3 is 0 Å². The summed E-state index contributed by atoms with van der Waals surface area (Å²) in [4.78, 5) is 30.3. The molecule has 2 aromatic carbocycles. The third-order valence-electron chi connectivity index (χ3n) is 9.99. The molecule has 10 heteroatoms. The maximum absolute atomic E-state index is 13.3. The van der Waals surface area contributed by atoms with Crippen LogP contribution < -0.4 is 32.4 Å². The summed E-state index contributed by atoms with van der Waals surface area (Å²) in [5.41, 5.74) is 23.9. The molecule has 0 spiro atoms. The Labute approximate surface area is 322 Å². The molecular formula is C43H76N6O4. The zero-order chi connectivity index (χ0) is 38.5. The minimum Gasteiger partial charge on any atom is -0.494 e. The Morgan fingerprint density at radius 3 is 1.66 bits per heavy atom. The Balaban J connectivity index is 1.91. The number of hydrogen-bond acceptors (Lipinski definition) is 8. The lowest BCUT2D eigenvalue weighted by molar-refractivity contribution is -0.133. The molecule has 53 heavy (non-hydrogen) atoms. The topological polar surface area (TPSA) is 163 Å². The third kappa shape index (κ3) is 19.3. The zero-order valence-corrected chi connectivity index (χ0v) is 33.5. The van der Waals surface area contributed by atoms with Gasteiger partial charge in [0.25, 0.3) is 0 Å². The molecule has 0 aliphatic carbocycles. The van der Waals surface area contributed by atoms with Crippen molar-refractivity contribution < 1.29 is 19.1 Å². The summed E-state index contributed by atoms with van der Waals surface area (Å²) >= 11 is 0. The number of unbranched alkanes of at least 4 members (excludes halogenated alkanes) is 11. The minimum atomic E-state index is -0.502. The van der Waals surface area contributed by atoms with Crippen LogP contribution in [0.1, 0.15) is 136 Å². The molecule has 10 nitrogen and oxygen atoms in total. The quantitative estimate of drug-likeness (QED) is 0.0555. The second-order valence-corrected chi connectivity index (χ2v) is 14.7. The molecule has 302 valence electrons. The number of nitrogens with two attached hydrogens (primary N) is 4. The van der Waals surface area contributed by atoms with E-state index in [2.05, 4.69) is 19.9 Å². The van der Waals surface area contributed by atoms with Crippen LogP contribution in [-0.2, 0) is 9.59 Å². The van der Waals surface area contributed by atoms with Gasteiger partial charge in [-0.15, -0.1) is 0 Å². The lowest BCUT2D eigenvalue weighted by atomic mass is 10.1. The molecule has 0 fully saturated rings. The van der Waals surface area contributed by atoms with Crippen LogP contribution in [0, 0.1) is 0 Å². The number of ether oxygens (including phenoxy) is 2. The molecule has 0 radical (unpaired) electrons. The molecule has 0 aromatic heterocycles. The van der Waals surface area contributed by atoms with Crippen molar-refractivity contribution in [1.29, 1.82) is 0 Å². The molecule has 2 rings (SSSR count). The Morgan fingerprint density at radius 1 is 0.585 bits per heavy atom. The van der Waals surface area contributed by atoms with Crippen LogP contribution in [-0.4, -0.2) is 86.2 Å². The van der Waals surface area contributed by atoms with Crippen molar-refractivity contribution in [3.05, 3.63) is 36.4 Å². The molecule has 8 N–H and O–H groups in total. The molecule has 2 aromatic rings. The summed E-state index contributed by atoms with van der Waals surface area (Å²) in [6.07, 6.45) is 19.4. The van der Waals surface area contributed by atoms with E-state index in [9.17, 15) is 9.59 Å². The first-order chi connectivity index (χ1) is 25.9. The van der Waals surface area contributed by atoms with Crippen molar-refractivity contribution in [3.63, 3.8) is 0 Å². The first-order valence-electron chi connectivity index (χ1n) is 21.1. The van der Waals surface area contributed by atoms with E-state index in [4.69, 9.17) is 32.4 Å². The zero-order valence-electron chi connectivity index (χ0n) is 33.5. The number of benzene rings is 2. The Hall–Kier alpha value is -2.92. The maximum Gasteiger partial charge on any atom is 0.239 e. The van der Waals surface area contributed by atoms with Crippen LogP contribution >= 0.6 is 0 Å². The molecule has 0 aliphatic rings. The Kier molecular flexibility index (Phi) is 25.7. The fourth-order valence-electron chi connectivity index (χ4n) is 6.72. The van der Waals surface area contributed by atoms with Crippen molar-refractivity contribution in [2.24, 2.45) is 22.9 Å². The number of carbonyl (C=O) groups excluding carboxylic acids is 2. The van der Waals surface area contributed by atoms with Gasteiger partial charge in [0.15, 0.2) is 0 Å². The predicted molar refractivity (Wildman–Crippen MR) is 221 cm³/mol. The van der Waals surface area contributed by atoms with Gasteiger partial charge in [0.2, 0.25) is 11.8 Å². The fraction of sp³-hybridized carbons (Fsp3) is 0.721. The highest BCUT2D eigenvalue weighted by atomic mass is 16.5. The average molecular weight is 741 g/mol. The van der Waals surface area contributed by atoms with Gasteiger partial charge in [-0.25, -0.2) is 0 Å². The molecule has 2 amide bonds. The summed E-state index contributed by atoms with van der Waals surface area (Å²) < 4.78 is 12.4. The van der Waals surface area contributed by atoms with E-state index in [0.29, 0.717) is 52.2 Å². The molecule has 0 saturated heterocycles. The SMILES string of the molecule is CCCCCCCCN(CCCOc1ccc2c(OCCCN(CCCCCCCC)C(=O)[C@@H](N)CCCCN)cccc2c1)C(=O)[C@@H](N)CCCN. The van der Waals surface area contributed by atoms with Gasteiger partial charge in [-0.3, -0.25) is 9.59 Å². The first-order valence-corrected chi connectivity index (χ1v) is 21.1. The van der Waals surface area contributed by atoms with Crippen molar-refractivity contribution in [2.45, 2.75) is 148 Å². The summed E-state index contributed by atoms with van der Waals surface area (Å²) in [6, 6.07) is 11.1. The Morgan fingerprint density at radius 2 is 1.09 bits per heavy atom.